The Balaban J connectivity index is 1.68. The summed E-state index contributed by atoms with van der Waals surface area (Å²) in [7, 11) is 0. The second-order valence-corrected chi connectivity index (χ2v) is 6.82. The lowest BCUT2D eigenvalue weighted by Crippen LogP contribution is -2.41. The van der Waals surface area contributed by atoms with Gasteiger partial charge in [0.05, 0.1) is 0 Å². The Kier molecular flexibility index (Phi) is 3.85. The van der Waals surface area contributed by atoms with Crippen LogP contribution in [-0.4, -0.2) is 23.8 Å². The fourth-order valence-corrected chi connectivity index (χ4v) is 2.94. The fourth-order valence-electron chi connectivity index (χ4n) is 2.94. The molecule has 0 aromatic heterocycles. The molecule has 0 bridgehead atoms. The van der Waals surface area contributed by atoms with Gasteiger partial charge < -0.3 is 15.8 Å². The number of hydrogen-bond donors (Lipinski definition) is 2. The minimum Gasteiger partial charge on any atom is -0.444 e. The van der Waals surface area contributed by atoms with Crippen LogP contribution in [0.4, 0.5) is 4.79 Å². The van der Waals surface area contributed by atoms with Crippen LogP contribution in [0.25, 0.3) is 0 Å². The number of nitrogens with two attached hydrogens (primary N) is 1. The van der Waals surface area contributed by atoms with E-state index >= 15 is 0 Å². The lowest BCUT2D eigenvalue weighted by molar-refractivity contribution is 0.0485. The Bertz CT molecular complexity index is 303. The Morgan fingerprint density at radius 2 is 1.78 bits per heavy atom. The van der Waals surface area contributed by atoms with Crippen molar-refractivity contribution in [2.45, 2.75) is 70.6 Å². The maximum Gasteiger partial charge on any atom is 0.407 e. The van der Waals surface area contributed by atoms with Gasteiger partial charge in [0.25, 0.3) is 0 Å². The largest absolute Gasteiger partial charge is 0.444 e. The van der Waals surface area contributed by atoms with Crippen molar-refractivity contribution in [3.63, 3.8) is 0 Å². The highest BCUT2D eigenvalue weighted by Gasteiger charge is 2.41. The summed E-state index contributed by atoms with van der Waals surface area (Å²) in [4.78, 5) is 11.7. The quantitative estimate of drug-likeness (QED) is 0.795. The van der Waals surface area contributed by atoms with Crippen molar-refractivity contribution in [3.05, 3.63) is 0 Å². The number of alkyl carbamates (subject to hydrolysis) is 1. The minimum atomic E-state index is -0.415. The van der Waals surface area contributed by atoms with Gasteiger partial charge in [-0.05, 0) is 64.7 Å². The molecule has 4 nitrogen and oxygen atoms in total. The van der Waals surface area contributed by atoms with Crippen molar-refractivity contribution in [1.82, 2.24) is 5.32 Å². The number of hydrogen-bond acceptors (Lipinski definition) is 3. The van der Waals surface area contributed by atoms with Crippen LogP contribution < -0.4 is 11.1 Å². The average molecular weight is 254 g/mol. The topological polar surface area (TPSA) is 64.3 Å². The van der Waals surface area contributed by atoms with Gasteiger partial charge in [-0.2, -0.15) is 0 Å². The second-order valence-electron chi connectivity index (χ2n) is 6.82. The summed E-state index contributed by atoms with van der Waals surface area (Å²) in [5.41, 5.74) is 5.48. The summed E-state index contributed by atoms with van der Waals surface area (Å²) >= 11 is 0. The first kappa shape index (κ1) is 13.7. The SMILES string of the molecule is CC(C)(C)OC(=O)NC1CCC([C@H]2C[C@@H]2N)CC1. The molecule has 4 heteroatoms. The lowest BCUT2D eigenvalue weighted by Gasteiger charge is -2.30. The standard InChI is InChI=1S/C14H26N2O2/c1-14(2,3)18-13(17)16-10-6-4-9(5-7-10)11-8-12(11)15/h9-12H,4-8,15H2,1-3H3,(H,16,17)/t9?,10?,11-,12+/m1/s1. The zero-order valence-electron chi connectivity index (χ0n) is 11.7. The molecule has 2 atom stereocenters. The molecule has 0 heterocycles. The van der Waals surface area contributed by atoms with Crippen LogP contribution >= 0.6 is 0 Å². The predicted molar refractivity (Wildman–Crippen MR) is 71.2 cm³/mol. The van der Waals surface area contributed by atoms with Gasteiger partial charge in [0, 0.05) is 12.1 Å². The Morgan fingerprint density at radius 1 is 1.22 bits per heavy atom. The van der Waals surface area contributed by atoms with E-state index < -0.39 is 5.60 Å². The van der Waals surface area contributed by atoms with Crippen molar-refractivity contribution in [3.8, 4) is 0 Å². The van der Waals surface area contributed by atoms with Crippen molar-refractivity contribution in [1.29, 1.82) is 0 Å². The Labute approximate surface area is 110 Å². The zero-order chi connectivity index (χ0) is 13.3. The van der Waals surface area contributed by atoms with Crippen LogP contribution in [0, 0.1) is 11.8 Å². The summed E-state index contributed by atoms with van der Waals surface area (Å²) in [5, 5.41) is 2.97. The van der Waals surface area contributed by atoms with E-state index in [1.807, 2.05) is 20.8 Å². The van der Waals surface area contributed by atoms with Gasteiger partial charge in [-0.25, -0.2) is 4.79 Å². The van der Waals surface area contributed by atoms with E-state index in [2.05, 4.69) is 5.32 Å². The molecule has 0 unspecified atom stereocenters. The van der Waals surface area contributed by atoms with Crippen LogP contribution in [0.15, 0.2) is 0 Å². The minimum absolute atomic E-state index is 0.283. The number of amides is 1. The van der Waals surface area contributed by atoms with E-state index in [1.54, 1.807) is 0 Å². The molecule has 0 aromatic carbocycles. The Hall–Kier alpha value is -0.770. The third-order valence-electron chi connectivity index (χ3n) is 3.99. The highest BCUT2D eigenvalue weighted by molar-refractivity contribution is 5.68. The zero-order valence-corrected chi connectivity index (χ0v) is 11.7. The van der Waals surface area contributed by atoms with Crippen LogP contribution in [0.1, 0.15) is 52.9 Å². The first-order valence-electron chi connectivity index (χ1n) is 7.10. The molecular formula is C14H26N2O2. The summed E-state index contributed by atoms with van der Waals surface area (Å²) in [6.07, 6.45) is 5.43. The molecule has 2 aliphatic carbocycles. The number of ether oxygens (including phenoxy) is 1. The van der Waals surface area contributed by atoms with Gasteiger partial charge >= 0.3 is 6.09 Å². The van der Waals surface area contributed by atoms with Crippen LogP contribution in [0.5, 0.6) is 0 Å². The normalized spacial score (nSPS) is 36.0. The summed E-state index contributed by atoms with van der Waals surface area (Å²) in [5.74, 6) is 1.55. The van der Waals surface area contributed by atoms with E-state index in [9.17, 15) is 4.79 Å². The third kappa shape index (κ3) is 3.87. The summed E-state index contributed by atoms with van der Waals surface area (Å²) in [6.45, 7) is 5.66. The van der Waals surface area contributed by atoms with Crippen molar-refractivity contribution < 1.29 is 9.53 Å². The van der Waals surface area contributed by atoms with Crippen molar-refractivity contribution >= 4 is 6.09 Å². The van der Waals surface area contributed by atoms with Gasteiger partial charge in [-0.3, -0.25) is 0 Å². The molecule has 0 radical (unpaired) electrons. The molecule has 0 saturated heterocycles. The average Bonchev–Trinajstić information content (AvgIpc) is 2.93. The molecule has 0 aliphatic heterocycles. The van der Waals surface area contributed by atoms with E-state index in [-0.39, 0.29) is 12.1 Å². The Morgan fingerprint density at radius 3 is 2.22 bits per heavy atom. The molecular weight excluding hydrogens is 228 g/mol. The molecule has 1 amide bonds. The fraction of sp³-hybridized carbons (Fsp3) is 0.929. The smallest absolute Gasteiger partial charge is 0.407 e. The monoisotopic (exact) mass is 254 g/mol. The summed E-state index contributed by atoms with van der Waals surface area (Å²) < 4.78 is 5.27. The maximum atomic E-state index is 11.7. The van der Waals surface area contributed by atoms with Crippen LogP contribution in [0.3, 0.4) is 0 Å². The van der Waals surface area contributed by atoms with E-state index in [0.717, 1.165) is 24.7 Å². The maximum absolute atomic E-state index is 11.7. The highest BCUT2D eigenvalue weighted by Crippen LogP contribution is 2.43. The highest BCUT2D eigenvalue weighted by atomic mass is 16.6. The third-order valence-corrected chi connectivity index (χ3v) is 3.99. The van der Waals surface area contributed by atoms with Crippen LogP contribution in [0.2, 0.25) is 0 Å². The van der Waals surface area contributed by atoms with Crippen molar-refractivity contribution in [2.75, 3.05) is 0 Å². The van der Waals surface area contributed by atoms with Gasteiger partial charge in [0.15, 0.2) is 0 Å². The molecule has 2 rings (SSSR count). The molecule has 0 spiro atoms. The molecule has 2 aliphatic rings. The number of carbonyl (C=O) groups is 1. The van der Waals surface area contributed by atoms with E-state index in [4.69, 9.17) is 10.5 Å². The molecule has 3 N–H and O–H groups in total. The van der Waals surface area contributed by atoms with Gasteiger partial charge in [0.2, 0.25) is 0 Å². The molecule has 0 aromatic rings. The number of nitrogens with one attached hydrogen (secondary N) is 1. The second kappa shape index (κ2) is 5.08. The first-order valence-corrected chi connectivity index (χ1v) is 7.10. The lowest BCUT2D eigenvalue weighted by atomic mass is 9.83. The van der Waals surface area contributed by atoms with E-state index in [1.165, 1.54) is 19.3 Å². The predicted octanol–water partition coefficient (Wildman–Crippen LogP) is 2.42. The number of carbonyl (C=O) groups excluding carboxylic acids is 1. The molecule has 2 saturated carbocycles. The van der Waals surface area contributed by atoms with Crippen LogP contribution in [-0.2, 0) is 4.74 Å². The van der Waals surface area contributed by atoms with Crippen molar-refractivity contribution in [2.24, 2.45) is 17.6 Å². The summed E-state index contributed by atoms with van der Waals surface area (Å²) in [6, 6.07) is 0.733. The van der Waals surface area contributed by atoms with E-state index in [0.29, 0.717) is 6.04 Å². The number of rotatable bonds is 2. The molecule has 2 fully saturated rings. The van der Waals surface area contributed by atoms with Gasteiger partial charge in [-0.15, -0.1) is 0 Å². The van der Waals surface area contributed by atoms with Gasteiger partial charge in [0.1, 0.15) is 5.60 Å². The van der Waals surface area contributed by atoms with Gasteiger partial charge in [-0.1, -0.05) is 0 Å². The molecule has 104 valence electrons. The molecule has 18 heavy (non-hydrogen) atoms. The first-order chi connectivity index (χ1) is 8.35.